The first kappa shape index (κ1) is 30.5. The van der Waals surface area contributed by atoms with Gasteiger partial charge >= 0.3 is 6.03 Å². The zero-order valence-corrected chi connectivity index (χ0v) is 27.7. The molecule has 9 nitrogen and oxygen atoms in total. The fourth-order valence-electron chi connectivity index (χ4n) is 8.23. The van der Waals surface area contributed by atoms with Gasteiger partial charge in [-0.2, -0.15) is 5.10 Å². The topological polar surface area (TPSA) is 91.2 Å². The number of carbonyl (C=O) groups is 1. The molecule has 2 aromatic heterocycles. The number of urea groups is 1. The Morgan fingerprint density at radius 2 is 2.00 bits per heavy atom. The molecule has 10 heteroatoms. The zero-order valence-electron chi connectivity index (χ0n) is 27.7. The van der Waals surface area contributed by atoms with E-state index in [2.05, 4.69) is 63.6 Å². The van der Waals surface area contributed by atoms with Crippen LogP contribution >= 0.6 is 0 Å². The van der Waals surface area contributed by atoms with Crippen molar-refractivity contribution in [2.75, 3.05) is 37.3 Å². The summed E-state index contributed by atoms with van der Waals surface area (Å²) in [5, 5.41) is 13.2. The summed E-state index contributed by atoms with van der Waals surface area (Å²) in [6.45, 7) is 7.56. The molecule has 5 aromatic rings. The summed E-state index contributed by atoms with van der Waals surface area (Å²) >= 11 is 0. The molecule has 8 rings (SSSR count). The van der Waals surface area contributed by atoms with E-state index < -0.39 is 0 Å². The fourth-order valence-corrected chi connectivity index (χ4v) is 8.23. The first-order valence-corrected chi connectivity index (χ1v) is 17.0. The largest absolute Gasteiger partial charge is 0.340 e. The Kier molecular flexibility index (Phi) is 7.63. The number of nitrogens with zero attached hydrogens (tertiary/aromatic N) is 6. The van der Waals surface area contributed by atoms with E-state index >= 15 is 0 Å². The molecule has 246 valence electrons. The number of nitrogens with one attached hydrogen (secondary N) is 2. The molecule has 4 heterocycles. The van der Waals surface area contributed by atoms with Crippen molar-refractivity contribution in [2.45, 2.75) is 51.6 Å². The van der Waals surface area contributed by atoms with Crippen molar-refractivity contribution in [3.05, 3.63) is 90.1 Å². The number of likely N-dealkylation sites (tertiary alicyclic amines) is 2. The molecule has 3 aromatic carbocycles. The van der Waals surface area contributed by atoms with Crippen LogP contribution in [0.3, 0.4) is 0 Å². The summed E-state index contributed by atoms with van der Waals surface area (Å²) < 4.78 is 15.6. The van der Waals surface area contributed by atoms with Crippen molar-refractivity contribution in [1.29, 1.82) is 0 Å². The average Bonchev–Trinajstić information content (AvgIpc) is 3.66. The van der Waals surface area contributed by atoms with Gasteiger partial charge in [0.2, 0.25) is 0 Å². The molecule has 3 aliphatic rings. The van der Waals surface area contributed by atoms with E-state index in [4.69, 9.17) is 0 Å². The van der Waals surface area contributed by atoms with Gasteiger partial charge in [0.05, 0.1) is 29.5 Å². The normalized spacial score (nSPS) is 22.4. The molecular weight excluding hydrogens is 603 g/mol. The molecule has 0 spiro atoms. The number of likely N-dealkylation sites (N-methyl/N-ethyl adjacent to an activating group) is 1. The van der Waals surface area contributed by atoms with Gasteiger partial charge in [-0.3, -0.25) is 9.58 Å². The lowest BCUT2D eigenvalue weighted by molar-refractivity contribution is 0.0452. The number of allylic oxidation sites excluding steroid dienone is 2. The number of hydrogen-bond donors (Lipinski definition) is 2. The van der Waals surface area contributed by atoms with E-state index in [9.17, 15) is 9.18 Å². The number of anilines is 3. The minimum absolute atomic E-state index is 0.0498. The summed E-state index contributed by atoms with van der Waals surface area (Å²) in [7, 11) is 2.22. The Hall–Kier alpha value is -4.83. The highest BCUT2D eigenvalue weighted by Gasteiger charge is 2.50. The van der Waals surface area contributed by atoms with Crippen LogP contribution in [0.5, 0.6) is 0 Å². The number of hydrogen-bond acceptors (Lipinski definition) is 6. The monoisotopic (exact) mass is 644 g/mol. The number of fused-ring (bicyclic) bond motifs is 3. The quantitative estimate of drug-likeness (QED) is 0.189. The number of piperidine rings is 1. The first-order valence-electron chi connectivity index (χ1n) is 17.0. The molecule has 0 saturated carbocycles. The van der Waals surface area contributed by atoms with Crippen LogP contribution in [0.15, 0.2) is 73.2 Å². The summed E-state index contributed by atoms with van der Waals surface area (Å²) in [4.78, 5) is 27.7. The highest BCUT2D eigenvalue weighted by molar-refractivity contribution is 6.02. The van der Waals surface area contributed by atoms with Crippen molar-refractivity contribution < 1.29 is 9.18 Å². The first-order chi connectivity index (χ1) is 23.3. The lowest BCUT2D eigenvalue weighted by Crippen LogP contribution is -2.55. The van der Waals surface area contributed by atoms with E-state index in [1.54, 1.807) is 12.4 Å². The number of benzene rings is 3. The summed E-state index contributed by atoms with van der Waals surface area (Å²) in [6.07, 6.45) is 10.0. The number of amides is 2. The van der Waals surface area contributed by atoms with Crippen LogP contribution < -0.4 is 10.6 Å². The minimum Gasteiger partial charge on any atom is -0.340 e. The Bertz CT molecular complexity index is 2070. The van der Waals surface area contributed by atoms with Crippen LogP contribution in [0, 0.1) is 17.7 Å². The second-order valence-electron chi connectivity index (χ2n) is 13.9. The molecule has 0 bridgehead atoms. The third kappa shape index (κ3) is 5.38. The van der Waals surface area contributed by atoms with Gasteiger partial charge in [-0.1, -0.05) is 32.1 Å². The maximum Gasteiger partial charge on any atom is 0.321 e. The van der Waals surface area contributed by atoms with Crippen LogP contribution in [-0.2, 0) is 6.54 Å². The van der Waals surface area contributed by atoms with Crippen molar-refractivity contribution in [2.24, 2.45) is 11.8 Å². The third-order valence-electron chi connectivity index (χ3n) is 10.9. The molecule has 48 heavy (non-hydrogen) atoms. The molecule has 2 aliphatic heterocycles. The van der Waals surface area contributed by atoms with Gasteiger partial charge in [0.1, 0.15) is 18.0 Å². The Labute approximate surface area is 279 Å². The smallest absolute Gasteiger partial charge is 0.321 e. The highest BCUT2D eigenvalue weighted by atomic mass is 19.1. The van der Waals surface area contributed by atoms with E-state index in [-0.39, 0.29) is 17.4 Å². The van der Waals surface area contributed by atoms with Gasteiger partial charge < -0.3 is 15.5 Å². The van der Waals surface area contributed by atoms with E-state index in [1.807, 2.05) is 46.1 Å². The number of rotatable bonds is 7. The third-order valence-corrected chi connectivity index (χ3v) is 10.9. The Morgan fingerprint density at radius 1 is 1.12 bits per heavy atom. The van der Waals surface area contributed by atoms with Crippen molar-refractivity contribution in [3.63, 3.8) is 0 Å². The highest BCUT2D eigenvalue weighted by Crippen LogP contribution is 2.43. The molecular formula is C38H41FN8O. The number of halogens is 1. The standard InChI is InChI=1S/C38H41FN8O/c1-4-38-22-46(21-28(38)8-6-12-45(38)3)37(48)44-34-18-32-33(17-31(34)26-13-24(2)14-26)40-23-41-36(32)43-30-10-11-35-27(16-30)19-42-47(35)20-25-7-5-9-29(39)15-25/h5,7,9-11,13,15-19,23-24,28H,4,6,8,12,14,20-22H2,1-3H3,(H,44,48)(H,40,41,43)/t24-,28+,38-/m1/s1. The predicted octanol–water partition coefficient (Wildman–Crippen LogP) is 7.67. The molecule has 2 N–H and O–H groups in total. The zero-order chi connectivity index (χ0) is 33.0. The van der Waals surface area contributed by atoms with Crippen LogP contribution in [0.4, 0.5) is 26.4 Å². The van der Waals surface area contributed by atoms with Gasteiger partial charge in [-0.15, -0.1) is 0 Å². The summed E-state index contributed by atoms with van der Waals surface area (Å²) in [5.74, 6) is 1.40. The van der Waals surface area contributed by atoms with E-state index in [0.717, 1.165) is 76.8 Å². The molecule has 2 fully saturated rings. The second-order valence-corrected chi connectivity index (χ2v) is 13.9. The van der Waals surface area contributed by atoms with Crippen molar-refractivity contribution >= 4 is 50.6 Å². The Balaban J connectivity index is 1.09. The second kappa shape index (κ2) is 12.0. The molecule has 2 amide bonds. The molecule has 1 aliphatic carbocycles. The maximum atomic E-state index is 13.9. The van der Waals surface area contributed by atoms with E-state index in [1.165, 1.54) is 30.5 Å². The van der Waals surface area contributed by atoms with Gasteiger partial charge in [0.15, 0.2) is 0 Å². The van der Waals surface area contributed by atoms with Crippen LogP contribution in [-0.4, -0.2) is 67.8 Å². The molecule has 0 unspecified atom stereocenters. The maximum absolute atomic E-state index is 13.9. The van der Waals surface area contributed by atoms with Gasteiger partial charge in [-0.25, -0.2) is 19.2 Å². The van der Waals surface area contributed by atoms with Gasteiger partial charge in [-0.05, 0) is 105 Å². The SMILES string of the molecule is CC[C@@]12CN(C(=O)Nc3cc4c(Nc5ccc6c(cnn6Cc6cccc(F)c6)c5)ncnc4cc3C3=C[C@@H](C)C3)C[C@@H]1CCCN2C. The lowest BCUT2D eigenvalue weighted by Gasteiger charge is -2.46. The van der Waals surface area contributed by atoms with Gasteiger partial charge in [0, 0.05) is 40.7 Å². The molecule has 2 saturated heterocycles. The van der Waals surface area contributed by atoms with Crippen molar-refractivity contribution in [1.82, 2.24) is 29.5 Å². The summed E-state index contributed by atoms with van der Waals surface area (Å²) in [5.41, 5.74) is 6.55. The summed E-state index contributed by atoms with van der Waals surface area (Å²) in [6, 6.07) is 16.7. The Morgan fingerprint density at radius 3 is 2.79 bits per heavy atom. The van der Waals surface area contributed by atoms with Crippen LogP contribution in [0.1, 0.15) is 50.7 Å². The van der Waals surface area contributed by atoms with Crippen LogP contribution in [0.2, 0.25) is 0 Å². The predicted molar refractivity (Wildman–Crippen MR) is 189 cm³/mol. The van der Waals surface area contributed by atoms with Crippen LogP contribution in [0.25, 0.3) is 27.4 Å². The van der Waals surface area contributed by atoms with Crippen molar-refractivity contribution in [3.8, 4) is 0 Å². The molecule has 3 atom stereocenters. The van der Waals surface area contributed by atoms with Gasteiger partial charge in [0.25, 0.3) is 0 Å². The average molecular weight is 645 g/mol. The number of aromatic nitrogens is 4. The lowest BCUT2D eigenvalue weighted by atomic mass is 9.77. The number of carbonyl (C=O) groups excluding carboxylic acids is 1. The molecule has 0 radical (unpaired) electrons. The van der Waals surface area contributed by atoms with E-state index in [0.29, 0.717) is 24.2 Å². The fraction of sp³-hybridized carbons (Fsp3) is 0.368. The minimum atomic E-state index is -0.257.